The molecule has 2 unspecified atom stereocenters. The lowest BCUT2D eigenvalue weighted by atomic mass is 9.82. The van der Waals surface area contributed by atoms with Crippen LogP contribution in [0.25, 0.3) is 0 Å². The summed E-state index contributed by atoms with van der Waals surface area (Å²) in [6.07, 6.45) is 6.52. The minimum absolute atomic E-state index is 0.0716. The molecule has 1 aliphatic rings. The van der Waals surface area contributed by atoms with Crippen molar-refractivity contribution in [2.45, 2.75) is 58.3 Å². The van der Waals surface area contributed by atoms with Crippen LogP contribution in [0.4, 0.5) is 0 Å². The number of aliphatic hydroxyl groups is 1. The highest BCUT2D eigenvalue weighted by Gasteiger charge is 2.27. The number of hydrogen-bond acceptors (Lipinski definition) is 4. The highest BCUT2D eigenvalue weighted by molar-refractivity contribution is 7.71. The average molecular weight is 298 g/mol. The summed E-state index contributed by atoms with van der Waals surface area (Å²) in [5, 5.41) is 13.7. The van der Waals surface area contributed by atoms with E-state index in [4.69, 9.17) is 12.2 Å². The van der Waals surface area contributed by atoms with E-state index < -0.39 is 0 Å². The highest BCUT2D eigenvalue weighted by Crippen LogP contribution is 2.30. The highest BCUT2D eigenvalue weighted by atomic mass is 32.1. The molecule has 2 atom stereocenters. The van der Waals surface area contributed by atoms with Crippen molar-refractivity contribution < 1.29 is 5.11 Å². The average Bonchev–Trinajstić information content (AvgIpc) is 2.75. The summed E-state index contributed by atoms with van der Waals surface area (Å²) in [6.45, 7) is 2.92. The van der Waals surface area contributed by atoms with Crippen molar-refractivity contribution in [2.24, 2.45) is 13.0 Å². The number of aromatic nitrogens is 3. The maximum atomic E-state index is 9.26. The smallest absolute Gasteiger partial charge is 0.198 e. The number of aliphatic hydroxyl groups excluding tert-OH is 1. The van der Waals surface area contributed by atoms with E-state index in [2.05, 4.69) is 24.0 Å². The molecule has 0 aliphatic heterocycles. The van der Waals surface area contributed by atoms with Crippen molar-refractivity contribution >= 4 is 12.2 Å². The van der Waals surface area contributed by atoms with Crippen molar-refractivity contribution in [2.75, 3.05) is 7.05 Å². The summed E-state index contributed by atoms with van der Waals surface area (Å²) in [5.74, 6) is 1.41. The summed E-state index contributed by atoms with van der Waals surface area (Å²) in [5.41, 5.74) is 0. The van der Waals surface area contributed by atoms with E-state index in [1.807, 2.05) is 11.7 Å². The SMILES string of the molecule is CCC1CCCCC1N(C)Cn1nc(CO)n(C)c1=S. The van der Waals surface area contributed by atoms with E-state index in [-0.39, 0.29) is 6.61 Å². The van der Waals surface area contributed by atoms with Crippen LogP contribution in [0, 0.1) is 10.7 Å². The van der Waals surface area contributed by atoms with E-state index in [9.17, 15) is 5.11 Å². The second-order valence-corrected chi connectivity index (χ2v) is 6.20. The van der Waals surface area contributed by atoms with E-state index in [0.29, 0.717) is 23.3 Å². The molecule has 5 nitrogen and oxygen atoms in total. The lowest BCUT2D eigenvalue weighted by Gasteiger charge is -2.37. The third kappa shape index (κ3) is 3.13. The van der Waals surface area contributed by atoms with E-state index in [1.165, 1.54) is 32.1 Å². The molecule has 1 heterocycles. The molecule has 1 aliphatic carbocycles. The Kier molecular flexibility index (Phi) is 5.35. The molecule has 114 valence electrons. The lowest BCUT2D eigenvalue weighted by Crippen LogP contribution is -2.41. The molecule has 0 saturated heterocycles. The van der Waals surface area contributed by atoms with Gasteiger partial charge in [-0.2, -0.15) is 5.10 Å². The van der Waals surface area contributed by atoms with Crippen molar-refractivity contribution in [3.63, 3.8) is 0 Å². The maximum absolute atomic E-state index is 9.26. The molecule has 20 heavy (non-hydrogen) atoms. The van der Waals surface area contributed by atoms with Gasteiger partial charge in [0.25, 0.3) is 0 Å². The van der Waals surface area contributed by atoms with Crippen molar-refractivity contribution in [1.29, 1.82) is 0 Å². The molecule has 0 bridgehead atoms. The van der Waals surface area contributed by atoms with Gasteiger partial charge >= 0.3 is 0 Å². The van der Waals surface area contributed by atoms with Gasteiger partial charge in [0.05, 0.1) is 6.67 Å². The van der Waals surface area contributed by atoms with E-state index >= 15 is 0 Å². The molecule has 0 aromatic carbocycles. The Bertz CT molecular complexity index is 496. The predicted molar refractivity (Wildman–Crippen MR) is 81.8 cm³/mol. The summed E-state index contributed by atoms with van der Waals surface area (Å²) < 4.78 is 4.27. The first-order valence-corrected chi connectivity index (χ1v) is 7.93. The van der Waals surface area contributed by atoms with Gasteiger partial charge in [-0.25, -0.2) is 4.68 Å². The fourth-order valence-electron chi connectivity index (χ4n) is 3.32. The summed E-state index contributed by atoms with van der Waals surface area (Å²) in [7, 11) is 4.01. The maximum Gasteiger partial charge on any atom is 0.198 e. The Morgan fingerprint density at radius 2 is 2.10 bits per heavy atom. The van der Waals surface area contributed by atoms with Gasteiger partial charge in [-0.15, -0.1) is 0 Å². The second kappa shape index (κ2) is 6.83. The Morgan fingerprint density at radius 1 is 1.40 bits per heavy atom. The summed E-state index contributed by atoms with van der Waals surface area (Å²) >= 11 is 5.38. The fourth-order valence-corrected chi connectivity index (χ4v) is 3.53. The topological polar surface area (TPSA) is 46.2 Å². The van der Waals surface area contributed by atoms with Crippen LogP contribution in [0.3, 0.4) is 0 Å². The largest absolute Gasteiger partial charge is 0.388 e. The quantitative estimate of drug-likeness (QED) is 0.847. The van der Waals surface area contributed by atoms with Gasteiger partial charge in [-0.3, -0.25) is 4.90 Å². The van der Waals surface area contributed by atoms with Crippen LogP contribution in [-0.4, -0.2) is 37.4 Å². The first kappa shape index (κ1) is 15.7. The fraction of sp³-hybridized carbons (Fsp3) is 0.857. The Labute approximate surface area is 126 Å². The van der Waals surface area contributed by atoms with Crippen LogP contribution >= 0.6 is 12.2 Å². The molecule has 0 spiro atoms. The van der Waals surface area contributed by atoms with Crippen molar-refractivity contribution in [1.82, 2.24) is 19.2 Å². The Balaban J connectivity index is 2.10. The third-order valence-corrected chi connectivity index (χ3v) is 5.07. The molecule has 0 amide bonds. The van der Waals surface area contributed by atoms with Gasteiger partial charge in [0.15, 0.2) is 10.6 Å². The molecular weight excluding hydrogens is 272 g/mol. The molecule has 1 saturated carbocycles. The van der Waals surface area contributed by atoms with Gasteiger partial charge in [-0.05, 0) is 38.0 Å². The van der Waals surface area contributed by atoms with Crippen LogP contribution in [0.5, 0.6) is 0 Å². The van der Waals surface area contributed by atoms with Crippen molar-refractivity contribution in [3.05, 3.63) is 10.6 Å². The van der Waals surface area contributed by atoms with Crippen LogP contribution in [0.2, 0.25) is 0 Å². The molecule has 0 radical (unpaired) electrons. The van der Waals surface area contributed by atoms with E-state index in [0.717, 1.165) is 5.92 Å². The molecule has 1 aromatic heterocycles. The summed E-state index contributed by atoms with van der Waals surface area (Å²) in [6, 6.07) is 0.621. The second-order valence-electron chi connectivity index (χ2n) is 5.83. The standard InChI is InChI=1S/C14H26N4OS/c1-4-11-7-5-6-8-12(11)16(2)10-18-14(20)17(3)13(9-19)15-18/h11-12,19H,4-10H2,1-3H3. The normalized spacial score (nSPS) is 23.4. The number of nitrogens with zero attached hydrogens (tertiary/aromatic N) is 4. The monoisotopic (exact) mass is 298 g/mol. The molecule has 6 heteroatoms. The number of hydrogen-bond donors (Lipinski definition) is 1. The van der Waals surface area contributed by atoms with E-state index in [1.54, 1.807) is 4.57 Å². The van der Waals surface area contributed by atoms with Gasteiger partial charge in [0.1, 0.15) is 6.61 Å². The molecule has 1 fully saturated rings. The Morgan fingerprint density at radius 3 is 2.70 bits per heavy atom. The van der Waals surface area contributed by atoms with Gasteiger partial charge in [-0.1, -0.05) is 26.2 Å². The van der Waals surface area contributed by atoms with Crippen LogP contribution < -0.4 is 0 Å². The lowest BCUT2D eigenvalue weighted by molar-refractivity contribution is 0.0932. The molecular formula is C14H26N4OS. The Hall–Kier alpha value is -0.720. The first-order valence-electron chi connectivity index (χ1n) is 7.52. The zero-order valence-electron chi connectivity index (χ0n) is 12.7. The third-order valence-electron chi connectivity index (χ3n) is 4.59. The predicted octanol–water partition coefficient (Wildman–Crippen LogP) is 2.30. The zero-order chi connectivity index (χ0) is 14.7. The molecule has 1 N–H and O–H groups in total. The minimum atomic E-state index is -0.0716. The van der Waals surface area contributed by atoms with Crippen LogP contribution in [0.1, 0.15) is 44.9 Å². The van der Waals surface area contributed by atoms with Crippen LogP contribution in [-0.2, 0) is 20.3 Å². The summed E-state index contributed by atoms with van der Waals surface area (Å²) in [4.78, 5) is 2.37. The van der Waals surface area contributed by atoms with Gasteiger partial charge in [0.2, 0.25) is 0 Å². The minimum Gasteiger partial charge on any atom is -0.388 e. The van der Waals surface area contributed by atoms with Crippen LogP contribution in [0.15, 0.2) is 0 Å². The first-order chi connectivity index (χ1) is 9.58. The van der Waals surface area contributed by atoms with Crippen molar-refractivity contribution in [3.8, 4) is 0 Å². The molecule has 1 aromatic rings. The van der Waals surface area contributed by atoms with Gasteiger partial charge < -0.3 is 9.67 Å². The zero-order valence-corrected chi connectivity index (χ0v) is 13.6. The molecule has 2 rings (SSSR count). The van der Waals surface area contributed by atoms with Gasteiger partial charge in [0, 0.05) is 13.1 Å². The number of rotatable bonds is 5.